The number of allylic oxidation sites excluding steroid dienone is 2. The van der Waals surface area contributed by atoms with E-state index in [2.05, 4.69) is 17.5 Å². The Bertz CT molecular complexity index is 955. The molecule has 0 saturated heterocycles. The molecule has 0 radical (unpaired) electrons. The zero-order chi connectivity index (χ0) is 19.1. The number of rotatable bonds is 4. The third-order valence-electron chi connectivity index (χ3n) is 5.31. The third kappa shape index (κ3) is 2.79. The topological polar surface area (TPSA) is 108 Å². The number of fused-ring (bicyclic) bond motifs is 3. The van der Waals surface area contributed by atoms with Gasteiger partial charge in [-0.3, -0.25) is 20.2 Å². The Morgan fingerprint density at radius 2 is 1.78 bits per heavy atom. The lowest BCUT2D eigenvalue weighted by molar-refractivity contribution is -0.385. The molecule has 2 aliphatic rings. The molecule has 0 fully saturated rings. The molecule has 1 aliphatic carbocycles. The van der Waals surface area contributed by atoms with Crippen molar-refractivity contribution in [2.45, 2.75) is 18.4 Å². The summed E-state index contributed by atoms with van der Waals surface area (Å²) in [5.74, 6) is 0.616. The van der Waals surface area contributed by atoms with Gasteiger partial charge in [0.25, 0.3) is 11.4 Å². The van der Waals surface area contributed by atoms with Crippen LogP contribution in [-0.2, 0) is 0 Å². The molecule has 0 spiro atoms. The first-order valence-electron chi connectivity index (χ1n) is 8.53. The van der Waals surface area contributed by atoms with E-state index in [0.717, 1.165) is 23.2 Å². The molecule has 2 aromatic carbocycles. The van der Waals surface area contributed by atoms with Gasteiger partial charge < -0.3 is 10.1 Å². The summed E-state index contributed by atoms with van der Waals surface area (Å²) in [5.41, 5.74) is 2.56. The fraction of sp³-hybridized carbons (Fsp3) is 0.263. The van der Waals surface area contributed by atoms with Crippen LogP contribution >= 0.6 is 0 Å². The molecular formula is C19H17N3O5. The van der Waals surface area contributed by atoms with Gasteiger partial charge in [-0.25, -0.2) is 0 Å². The van der Waals surface area contributed by atoms with Gasteiger partial charge in [-0.2, -0.15) is 0 Å². The lowest BCUT2D eigenvalue weighted by atomic mass is 9.76. The monoisotopic (exact) mass is 367 g/mol. The fourth-order valence-corrected chi connectivity index (χ4v) is 4.05. The van der Waals surface area contributed by atoms with Crippen LogP contribution < -0.4 is 10.1 Å². The summed E-state index contributed by atoms with van der Waals surface area (Å²) in [6.07, 6.45) is 4.98. The zero-order valence-corrected chi connectivity index (χ0v) is 14.5. The highest BCUT2D eigenvalue weighted by Gasteiger charge is 2.40. The first-order valence-corrected chi connectivity index (χ1v) is 8.53. The molecule has 8 heteroatoms. The maximum atomic E-state index is 11.3. The number of non-ortho nitro benzene ring substituents is 2. The van der Waals surface area contributed by atoms with E-state index in [1.807, 2.05) is 0 Å². The molecule has 1 N–H and O–H groups in total. The van der Waals surface area contributed by atoms with Crippen molar-refractivity contribution in [2.24, 2.45) is 5.92 Å². The minimum Gasteiger partial charge on any atom is -0.494 e. The van der Waals surface area contributed by atoms with Gasteiger partial charge >= 0.3 is 0 Å². The second kappa shape index (κ2) is 6.39. The van der Waals surface area contributed by atoms with E-state index in [4.69, 9.17) is 4.74 Å². The van der Waals surface area contributed by atoms with Crippen molar-refractivity contribution in [3.63, 3.8) is 0 Å². The van der Waals surface area contributed by atoms with Gasteiger partial charge in [-0.05, 0) is 23.5 Å². The summed E-state index contributed by atoms with van der Waals surface area (Å²) in [7, 11) is 1.48. The number of nitro groups is 2. The third-order valence-corrected chi connectivity index (χ3v) is 5.31. The number of ether oxygens (including phenoxy) is 1. The molecular weight excluding hydrogens is 350 g/mol. The summed E-state index contributed by atoms with van der Waals surface area (Å²) in [6, 6.07) is 9.45. The van der Waals surface area contributed by atoms with Crippen LogP contribution in [0.15, 0.2) is 48.6 Å². The highest BCUT2D eigenvalue weighted by molar-refractivity contribution is 5.71. The van der Waals surface area contributed by atoms with Crippen molar-refractivity contribution < 1.29 is 14.6 Å². The quantitative estimate of drug-likeness (QED) is 0.489. The summed E-state index contributed by atoms with van der Waals surface area (Å²) < 4.78 is 5.41. The number of hydrogen-bond donors (Lipinski definition) is 1. The average Bonchev–Trinajstić information content (AvgIpc) is 3.16. The Kier molecular flexibility index (Phi) is 4.02. The molecule has 138 valence electrons. The van der Waals surface area contributed by atoms with Gasteiger partial charge in [0.15, 0.2) is 0 Å². The Morgan fingerprint density at radius 1 is 1.07 bits per heavy atom. The van der Waals surface area contributed by atoms with Crippen molar-refractivity contribution in [1.82, 2.24) is 0 Å². The highest BCUT2D eigenvalue weighted by atomic mass is 16.6. The number of nitrogens with zero attached hydrogens (tertiary/aromatic N) is 2. The normalized spacial score (nSPS) is 22.5. The average molecular weight is 367 g/mol. The Balaban J connectivity index is 1.79. The van der Waals surface area contributed by atoms with Crippen LogP contribution in [-0.4, -0.2) is 17.0 Å². The van der Waals surface area contributed by atoms with Crippen LogP contribution in [0.3, 0.4) is 0 Å². The van der Waals surface area contributed by atoms with Crippen LogP contribution in [0.1, 0.15) is 29.5 Å². The van der Waals surface area contributed by atoms with Crippen molar-refractivity contribution in [3.8, 4) is 5.75 Å². The maximum Gasteiger partial charge on any atom is 0.273 e. The SMILES string of the molecule is COc1cc([N+](=O)[O-])cc2c1N[C@H](c1ccc([N+](=O)[O-])cc1)[C@H]1CC=C[C@H]21. The first kappa shape index (κ1) is 17.0. The molecule has 1 aliphatic heterocycles. The molecule has 27 heavy (non-hydrogen) atoms. The van der Waals surface area contributed by atoms with E-state index in [9.17, 15) is 20.2 Å². The lowest BCUT2D eigenvalue weighted by Gasteiger charge is -2.38. The molecule has 0 unspecified atom stereocenters. The second-order valence-electron chi connectivity index (χ2n) is 6.69. The molecule has 2 aromatic rings. The molecule has 0 amide bonds. The van der Waals surface area contributed by atoms with Gasteiger partial charge in [-0.15, -0.1) is 0 Å². The number of methoxy groups -OCH3 is 1. The van der Waals surface area contributed by atoms with E-state index in [1.54, 1.807) is 18.2 Å². The second-order valence-corrected chi connectivity index (χ2v) is 6.69. The van der Waals surface area contributed by atoms with Gasteiger partial charge in [0, 0.05) is 24.1 Å². The van der Waals surface area contributed by atoms with E-state index in [1.165, 1.54) is 25.3 Å². The van der Waals surface area contributed by atoms with E-state index < -0.39 is 9.85 Å². The molecule has 0 aromatic heterocycles. The number of nitro benzene ring substituents is 2. The predicted octanol–water partition coefficient (Wildman–Crippen LogP) is 4.34. The Labute approximate surface area is 154 Å². The van der Waals surface area contributed by atoms with Crippen LogP contribution in [0.25, 0.3) is 0 Å². The molecule has 8 nitrogen and oxygen atoms in total. The standard InChI is InChI=1S/C19H17N3O5/c1-27-17-10-13(22(25)26)9-16-14-3-2-4-15(14)18(20-19(16)17)11-5-7-12(8-6-11)21(23)24/h2-3,5-10,14-15,18,20H,4H2,1H3/t14-,15-,18+/m0/s1. The minimum atomic E-state index is -0.421. The summed E-state index contributed by atoms with van der Waals surface area (Å²) >= 11 is 0. The molecule has 0 bridgehead atoms. The summed E-state index contributed by atoms with van der Waals surface area (Å²) in [6.45, 7) is 0. The van der Waals surface area contributed by atoms with Crippen molar-refractivity contribution >= 4 is 17.1 Å². The number of hydrogen-bond acceptors (Lipinski definition) is 6. The van der Waals surface area contributed by atoms with Gasteiger partial charge in [0.1, 0.15) is 5.75 Å². The smallest absolute Gasteiger partial charge is 0.273 e. The first-order chi connectivity index (χ1) is 13.0. The van der Waals surface area contributed by atoms with Crippen LogP contribution in [0.4, 0.5) is 17.1 Å². The number of benzene rings is 2. The zero-order valence-electron chi connectivity index (χ0n) is 14.5. The van der Waals surface area contributed by atoms with Crippen molar-refractivity contribution in [3.05, 3.63) is 79.9 Å². The summed E-state index contributed by atoms with van der Waals surface area (Å²) in [4.78, 5) is 21.4. The largest absolute Gasteiger partial charge is 0.494 e. The van der Waals surface area contributed by atoms with Gasteiger partial charge in [0.2, 0.25) is 0 Å². The molecule has 0 saturated carbocycles. The summed E-state index contributed by atoms with van der Waals surface area (Å²) in [5, 5.41) is 25.7. The Morgan fingerprint density at radius 3 is 2.41 bits per heavy atom. The molecule has 1 heterocycles. The molecule has 4 rings (SSSR count). The maximum absolute atomic E-state index is 11.3. The lowest BCUT2D eigenvalue weighted by Crippen LogP contribution is -2.29. The van der Waals surface area contributed by atoms with Crippen LogP contribution in [0.5, 0.6) is 5.75 Å². The fourth-order valence-electron chi connectivity index (χ4n) is 4.05. The van der Waals surface area contributed by atoms with Crippen LogP contribution in [0, 0.1) is 26.1 Å². The molecule has 3 atom stereocenters. The van der Waals surface area contributed by atoms with Crippen molar-refractivity contribution in [1.29, 1.82) is 0 Å². The van der Waals surface area contributed by atoms with Gasteiger partial charge in [-0.1, -0.05) is 24.3 Å². The minimum absolute atomic E-state index is 0.000218. The van der Waals surface area contributed by atoms with E-state index >= 15 is 0 Å². The van der Waals surface area contributed by atoms with Crippen molar-refractivity contribution in [2.75, 3.05) is 12.4 Å². The Hall–Kier alpha value is -3.42. The number of nitrogens with one attached hydrogen (secondary N) is 1. The van der Waals surface area contributed by atoms with Crippen LogP contribution in [0.2, 0.25) is 0 Å². The van der Waals surface area contributed by atoms with Gasteiger partial charge in [0.05, 0.1) is 34.8 Å². The highest BCUT2D eigenvalue weighted by Crippen LogP contribution is 2.53. The number of anilines is 1. The predicted molar refractivity (Wildman–Crippen MR) is 99.1 cm³/mol. The van der Waals surface area contributed by atoms with E-state index in [0.29, 0.717) is 5.75 Å². The van der Waals surface area contributed by atoms with E-state index in [-0.39, 0.29) is 29.3 Å².